The summed E-state index contributed by atoms with van der Waals surface area (Å²) in [7, 11) is 0. The van der Waals surface area contributed by atoms with Crippen molar-refractivity contribution in [3.05, 3.63) is 129 Å². The zero-order valence-corrected chi connectivity index (χ0v) is 25.4. The summed E-state index contributed by atoms with van der Waals surface area (Å²) in [6.07, 6.45) is 2.31. The molecule has 0 bridgehead atoms. The van der Waals surface area contributed by atoms with Crippen molar-refractivity contribution in [3.63, 3.8) is 0 Å². The smallest absolute Gasteiger partial charge is 0.272 e. The van der Waals surface area contributed by atoms with Gasteiger partial charge in [0.15, 0.2) is 0 Å². The average Bonchev–Trinajstić information content (AvgIpc) is 2.98. The molecule has 6 nitrogen and oxygen atoms in total. The highest BCUT2D eigenvalue weighted by Gasteiger charge is 2.16. The quantitative estimate of drug-likeness (QED) is 0.124. The molecule has 0 unspecified atom stereocenters. The molecule has 42 heavy (non-hydrogen) atoms. The number of thioether (sulfide) groups is 1. The summed E-state index contributed by atoms with van der Waals surface area (Å²) >= 11 is 13.7. The zero-order valence-electron chi connectivity index (χ0n) is 23.0. The van der Waals surface area contributed by atoms with Gasteiger partial charge in [-0.25, -0.2) is 0 Å². The van der Waals surface area contributed by atoms with Crippen LogP contribution in [-0.2, 0) is 16.0 Å². The van der Waals surface area contributed by atoms with E-state index in [1.165, 1.54) is 17.8 Å². The Morgan fingerprint density at radius 2 is 1.62 bits per heavy atom. The molecule has 214 valence electrons. The van der Waals surface area contributed by atoms with Crippen LogP contribution in [0.5, 0.6) is 0 Å². The summed E-state index contributed by atoms with van der Waals surface area (Å²) in [4.78, 5) is 39.8. The first-order chi connectivity index (χ1) is 20.2. The van der Waals surface area contributed by atoms with Crippen LogP contribution in [-0.4, -0.2) is 23.5 Å². The minimum absolute atomic E-state index is 0.00420. The van der Waals surface area contributed by atoms with Crippen LogP contribution in [0.1, 0.15) is 34.0 Å². The highest BCUT2D eigenvalue weighted by atomic mass is 35.5. The van der Waals surface area contributed by atoms with Crippen molar-refractivity contribution in [2.24, 2.45) is 0 Å². The number of aryl methyl sites for hydroxylation is 2. The number of anilines is 2. The Kier molecular flexibility index (Phi) is 10.8. The van der Waals surface area contributed by atoms with Gasteiger partial charge >= 0.3 is 0 Å². The number of benzene rings is 4. The normalized spacial score (nSPS) is 11.1. The maximum Gasteiger partial charge on any atom is 0.272 e. The van der Waals surface area contributed by atoms with Crippen LogP contribution in [0.15, 0.2) is 102 Å². The summed E-state index contributed by atoms with van der Waals surface area (Å²) < 4.78 is 0. The number of rotatable bonds is 10. The summed E-state index contributed by atoms with van der Waals surface area (Å²) in [5.41, 5.74) is 4.35. The fourth-order valence-corrected chi connectivity index (χ4v) is 5.32. The van der Waals surface area contributed by atoms with Gasteiger partial charge < -0.3 is 16.0 Å². The van der Waals surface area contributed by atoms with E-state index in [-0.39, 0.29) is 17.4 Å². The molecule has 0 saturated carbocycles. The number of hydrogen-bond donors (Lipinski definition) is 3. The Labute approximate surface area is 259 Å². The lowest BCUT2D eigenvalue weighted by molar-refractivity contribution is -0.114. The topological polar surface area (TPSA) is 87.3 Å². The number of amides is 3. The van der Waals surface area contributed by atoms with Crippen molar-refractivity contribution < 1.29 is 14.4 Å². The minimum atomic E-state index is -0.545. The lowest BCUT2D eigenvalue weighted by atomic mass is 10.1. The second-order valence-corrected chi connectivity index (χ2v) is 11.2. The van der Waals surface area contributed by atoms with Crippen molar-refractivity contribution in [2.45, 2.75) is 25.2 Å². The van der Waals surface area contributed by atoms with Crippen LogP contribution in [0.3, 0.4) is 0 Å². The van der Waals surface area contributed by atoms with E-state index < -0.39 is 11.8 Å². The number of carbonyl (C=O) groups excluding carboxylic acids is 3. The van der Waals surface area contributed by atoms with Crippen LogP contribution in [0, 0.1) is 6.92 Å². The van der Waals surface area contributed by atoms with Gasteiger partial charge in [-0.3, -0.25) is 14.4 Å². The Bertz CT molecular complexity index is 1640. The number of carbonyl (C=O) groups is 3. The second kappa shape index (κ2) is 14.7. The Hall–Kier alpha value is -4.04. The summed E-state index contributed by atoms with van der Waals surface area (Å²) in [6, 6.07) is 26.6. The highest BCUT2D eigenvalue weighted by molar-refractivity contribution is 8.00. The van der Waals surface area contributed by atoms with Gasteiger partial charge in [0, 0.05) is 31.9 Å². The minimum Gasteiger partial charge on any atom is -0.325 e. The van der Waals surface area contributed by atoms with Gasteiger partial charge in [-0.05, 0) is 78.6 Å². The molecule has 0 radical (unpaired) electrons. The summed E-state index contributed by atoms with van der Waals surface area (Å²) in [5, 5.41) is 9.34. The zero-order chi connectivity index (χ0) is 30.1. The fraction of sp³-hybridized carbons (Fsp3) is 0.121. The van der Waals surface area contributed by atoms with Gasteiger partial charge in [-0.15, -0.1) is 11.8 Å². The van der Waals surface area contributed by atoms with Gasteiger partial charge in [0.05, 0.1) is 5.75 Å². The van der Waals surface area contributed by atoms with E-state index in [2.05, 4.69) is 22.9 Å². The molecule has 3 amide bonds. The van der Waals surface area contributed by atoms with Gasteiger partial charge in [-0.1, -0.05) is 78.7 Å². The molecule has 0 aliphatic rings. The molecular weight excluding hydrogens is 589 g/mol. The fourth-order valence-electron chi connectivity index (χ4n) is 4.10. The maximum absolute atomic E-state index is 13.4. The maximum atomic E-state index is 13.4. The lowest BCUT2D eigenvalue weighted by Crippen LogP contribution is -2.30. The summed E-state index contributed by atoms with van der Waals surface area (Å²) in [6.45, 7) is 4.02. The predicted octanol–water partition coefficient (Wildman–Crippen LogP) is 8.00. The molecule has 0 spiro atoms. The monoisotopic (exact) mass is 617 g/mol. The Morgan fingerprint density at radius 3 is 2.36 bits per heavy atom. The third-order valence-corrected chi connectivity index (χ3v) is 7.81. The van der Waals surface area contributed by atoms with Gasteiger partial charge in [-0.2, -0.15) is 0 Å². The van der Waals surface area contributed by atoms with Crippen molar-refractivity contribution >= 4 is 70.1 Å². The van der Waals surface area contributed by atoms with E-state index in [4.69, 9.17) is 23.2 Å². The average molecular weight is 619 g/mol. The van der Waals surface area contributed by atoms with Crippen LogP contribution < -0.4 is 16.0 Å². The SMILES string of the molecule is CCc1cccc(C)c1NC(=O)CSc1cccc(NC(=O)/C(=C\c2ccc(Cl)cc2Cl)NC(=O)c2ccccc2)c1. The van der Waals surface area contributed by atoms with Crippen molar-refractivity contribution in [1.82, 2.24) is 5.32 Å². The van der Waals surface area contributed by atoms with Gasteiger partial charge in [0.25, 0.3) is 11.8 Å². The van der Waals surface area contributed by atoms with Crippen LogP contribution in [0.4, 0.5) is 11.4 Å². The largest absolute Gasteiger partial charge is 0.325 e. The Balaban J connectivity index is 1.48. The third-order valence-electron chi connectivity index (χ3n) is 6.26. The molecule has 0 fully saturated rings. The highest BCUT2D eigenvalue weighted by Crippen LogP contribution is 2.26. The van der Waals surface area contributed by atoms with E-state index in [1.807, 2.05) is 31.2 Å². The second-order valence-electron chi connectivity index (χ2n) is 9.33. The van der Waals surface area contributed by atoms with E-state index in [0.717, 1.165) is 28.1 Å². The van der Waals surface area contributed by atoms with Crippen molar-refractivity contribution in [3.8, 4) is 0 Å². The summed E-state index contributed by atoms with van der Waals surface area (Å²) in [5.74, 6) is -0.913. The first kappa shape index (κ1) is 30.9. The van der Waals surface area contributed by atoms with E-state index in [9.17, 15) is 14.4 Å². The molecule has 0 aliphatic carbocycles. The molecule has 3 N–H and O–H groups in total. The van der Waals surface area contributed by atoms with E-state index in [1.54, 1.807) is 66.7 Å². The van der Waals surface area contributed by atoms with Crippen molar-refractivity contribution in [2.75, 3.05) is 16.4 Å². The van der Waals surface area contributed by atoms with Crippen molar-refractivity contribution in [1.29, 1.82) is 0 Å². The number of para-hydroxylation sites is 1. The third kappa shape index (κ3) is 8.49. The molecule has 0 aromatic heterocycles. The van der Waals surface area contributed by atoms with E-state index in [0.29, 0.717) is 26.9 Å². The molecule has 0 atom stereocenters. The molecule has 0 aliphatic heterocycles. The van der Waals surface area contributed by atoms with Gasteiger partial charge in [0.2, 0.25) is 5.91 Å². The Morgan fingerprint density at radius 1 is 0.857 bits per heavy atom. The van der Waals surface area contributed by atoms with E-state index >= 15 is 0 Å². The molecule has 0 heterocycles. The molecule has 4 rings (SSSR count). The number of halogens is 2. The molecule has 4 aromatic carbocycles. The number of hydrogen-bond acceptors (Lipinski definition) is 4. The number of nitrogens with one attached hydrogen (secondary N) is 3. The van der Waals surface area contributed by atoms with Gasteiger partial charge in [0.1, 0.15) is 5.70 Å². The standard InChI is InChI=1S/C33H29Cl2N3O3S/c1-3-22-12-7-9-21(2)31(22)38-30(39)20-42-27-14-8-13-26(19-27)36-33(41)29(17-24-15-16-25(34)18-28(24)35)37-32(40)23-10-5-4-6-11-23/h4-19H,3,20H2,1-2H3,(H,36,41)(H,37,40)(H,38,39)/b29-17+. The first-order valence-electron chi connectivity index (χ1n) is 13.2. The molecule has 4 aromatic rings. The van der Waals surface area contributed by atoms with Crippen LogP contribution in [0.25, 0.3) is 6.08 Å². The molecular formula is C33H29Cl2N3O3S. The molecule has 9 heteroatoms. The first-order valence-corrected chi connectivity index (χ1v) is 14.9. The van der Waals surface area contributed by atoms with Crippen LogP contribution >= 0.6 is 35.0 Å². The molecule has 0 saturated heterocycles. The lowest BCUT2D eigenvalue weighted by Gasteiger charge is -2.13. The predicted molar refractivity (Wildman–Crippen MR) is 173 cm³/mol. The van der Waals surface area contributed by atoms with Crippen LogP contribution in [0.2, 0.25) is 10.0 Å².